The SMILES string of the molecule is Cc1cccc(OCCNS(=O)(=O)Cc2ccc(Cl)c(Cl)c2)c1. The van der Waals surface area contributed by atoms with Gasteiger partial charge in [-0.1, -0.05) is 41.4 Å². The summed E-state index contributed by atoms with van der Waals surface area (Å²) in [5, 5.41) is 0.731. The number of rotatable bonds is 7. The lowest BCUT2D eigenvalue weighted by atomic mass is 10.2. The predicted molar refractivity (Wildman–Crippen MR) is 93.8 cm³/mol. The van der Waals surface area contributed by atoms with E-state index in [0.29, 0.717) is 21.4 Å². The Bertz CT molecular complexity index is 779. The maximum absolute atomic E-state index is 12.0. The Balaban J connectivity index is 1.83. The number of hydrogen-bond acceptors (Lipinski definition) is 3. The third kappa shape index (κ3) is 6.03. The van der Waals surface area contributed by atoms with E-state index in [1.54, 1.807) is 18.2 Å². The normalized spacial score (nSPS) is 11.4. The standard InChI is InChI=1S/C16H17Cl2NO3S/c1-12-3-2-4-14(9-12)22-8-7-19-23(20,21)11-13-5-6-15(17)16(18)10-13/h2-6,9-10,19H,7-8,11H2,1H3. The van der Waals surface area contributed by atoms with Gasteiger partial charge < -0.3 is 4.74 Å². The Hall–Kier alpha value is -1.27. The Morgan fingerprint density at radius 1 is 1.09 bits per heavy atom. The summed E-state index contributed by atoms with van der Waals surface area (Å²) >= 11 is 11.7. The fourth-order valence-corrected chi connectivity index (χ4v) is 3.41. The smallest absolute Gasteiger partial charge is 0.215 e. The summed E-state index contributed by atoms with van der Waals surface area (Å²) in [6, 6.07) is 12.3. The van der Waals surface area contributed by atoms with Crippen LogP contribution >= 0.6 is 23.2 Å². The summed E-state index contributed by atoms with van der Waals surface area (Å²) < 4.78 is 32.0. The van der Waals surface area contributed by atoms with E-state index in [1.807, 2.05) is 31.2 Å². The molecular formula is C16H17Cl2NO3S. The minimum atomic E-state index is -3.46. The van der Waals surface area contributed by atoms with Crippen LogP contribution in [0.15, 0.2) is 42.5 Å². The van der Waals surface area contributed by atoms with Crippen LogP contribution in [0.4, 0.5) is 0 Å². The van der Waals surface area contributed by atoms with Crippen LogP contribution < -0.4 is 9.46 Å². The maximum atomic E-state index is 12.0. The lowest BCUT2D eigenvalue weighted by molar-refractivity contribution is 0.322. The predicted octanol–water partition coefficient (Wildman–Crippen LogP) is 3.80. The Morgan fingerprint density at radius 2 is 1.87 bits per heavy atom. The number of ether oxygens (including phenoxy) is 1. The molecule has 1 N–H and O–H groups in total. The molecule has 0 saturated carbocycles. The number of halogens is 2. The lowest BCUT2D eigenvalue weighted by Crippen LogP contribution is -2.29. The van der Waals surface area contributed by atoms with Crippen molar-refractivity contribution in [2.45, 2.75) is 12.7 Å². The molecule has 4 nitrogen and oxygen atoms in total. The van der Waals surface area contributed by atoms with Crippen molar-refractivity contribution in [3.05, 3.63) is 63.6 Å². The molecule has 0 amide bonds. The minimum Gasteiger partial charge on any atom is -0.492 e. The molecule has 0 radical (unpaired) electrons. The van der Waals surface area contributed by atoms with Crippen molar-refractivity contribution in [1.82, 2.24) is 4.72 Å². The third-order valence-electron chi connectivity index (χ3n) is 3.02. The highest BCUT2D eigenvalue weighted by molar-refractivity contribution is 7.88. The first-order valence-electron chi connectivity index (χ1n) is 6.96. The number of hydrogen-bond donors (Lipinski definition) is 1. The van der Waals surface area contributed by atoms with E-state index >= 15 is 0 Å². The Labute approximate surface area is 146 Å². The van der Waals surface area contributed by atoms with Crippen molar-refractivity contribution in [2.24, 2.45) is 0 Å². The van der Waals surface area contributed by atoms with Gasteiger partial charge in [-0.3, -0.25) is 0 Å². The molecule has 0 bridgehead atoms. The summed E-state index contributed by atoms with van der Waals surface area (Å²) in [5.41, 5.74) is 1.66. The second-order valence-corrected chi connectivity index (χ2v) is 7.69. The molecule has 0 saturated heterocycles. The fourth-order valence-electron chi connectivity index (χ4n) is 1.97. The molecule has 0 aliphatic rings. The molecule has 2 aromatic carbocycles. The number of sulfonamides is 1. The highest BCUT2D eigenvalue weighted by Crippen LogP contribution is 2.23. The van der Waals surface area contributed by atoms with Crippen LogP contribution in [0.2, 0.25) is 10.0 Å². The van der Waals surface area contributed by atoms with Crippen LogP contribution in [0.3, 0.4) is 0 Å². The van der Waals surface area contributed by atoms with Crippen LogP contribution in [0.1, 0.15) is 11.1 Å². The van der Waals surface area contributed by atoms with Gasteiger partial charge in [-0.05, 0) is 42.3 Å². The molecule has 124 valence electrons. The topological polar surface area (TPSA) is 55.4 Å². The summed E-state index contributed by atoms with van der Waals surface area (Å²) in [5.74, 6) is 0.558. The minimum absolute atomic E-state index is 0.158. The van der Waals surface area contributed by atoms with E-state index in [2.05, 4.69) is 4.72 Å². The van der Waals surface area contributed by atoms with Gasteiger partial charge in [-0.15, -0.1) is 0 Å². The molecule has 0 atom stereocenters. The monoisotopic (exact) mass is 373 g/mol. The molecule has 0 spiro atoms. The molecule has 2 rings (SSSR count). The van der Waals surface area contributed by atoms with Gasteiger partial charge in [0.1, 0.15) is 12.4 Å². The highest BCUT2D eigenvalue weighted by atomic mass is 35.5. The van der Waals surface area contributed by atoms with Gasteiger partial charge in [0.2, 0.25) is 10.0 Å². The summed E-state index contributed by atoms with van der Waals surface area (Å²) in [4.78, 5) is 0. The van der Waals surface area contributed by atoms with E-state index in [0.717, 1.165) is 5.56 Å². The van der Waals surface area contributed by atoms with Gasteiger partial charge in [0.05, 0.1) is 15.8 Å². The average Bonchev–Trinajstić information content (AvgIpc) is 2.47. The molecule has 0 aliphatic carbocycles. The van der Waals surface area contributed by atoms with Crippen LogP contribution in [0.5, 0.6) is 5.75 Å². The van der Waals surface area contributed by atoms with Crippen molar-refractivity contribution in [2.75, 3.05) is 13.2 Å². The second kappa shape index (κ2) is 8.02. The Kier molecular flexibility index (Phi) is 6.30. The first-order chi connectivity index (χ1) is 10.9. The molecule has 0 fully saturated rings. The number of aryl methyl sites for hydroxylation is 1. The summed E-state index contributed by atoms with van der Waals surface area (Å²) in [6.07, 6.45) is 0. The lowest BCUT2D eigenvalue weighted by Gasteiger charge is -2.09. The van der Waals surface area contributed by atoms with Crippen LogP contribution in [-0.2, 0) is 15.8 Å². The van der Waals surface area contributed by atoms with Crippen LogP contribution in [0, 0.1) is 6.92 Å². The molecule has 0 aliphatic heterocycles. The largest absolute Gasteiger partial charge is 0.492 e. The maximum Gasteiger partial charge on any atom is 0.215 e. The zero-order valence-electron chi connectivity index (χ0n) is 12.6. The zero-order valence-corrected chi connectivity index (χ0v) is 14.9. The van der Waals surface area contributed by atoms with Gasteiger partial charge in [0, 0.05) is 6.54 Å². The van der Waals surface area contributed by atoms with Crippen molar-refractivity contribution in [3.8, 4) is 5.75 Å². The fraction of sp³-hybridized carbons (Fsp3) is 0.250. The second-order valence-electron chi connectivity index (χ2n) is 5.07. The summed E-state index contributed by atoms with van der Waals surface area (Å²) in [6.45, 7) is 2.41. The zero-order chi connectivity index (χ0) is 16.9. The van der Waals surface area contributed by atoms with Crippen molar-refractivity contribution in [3.63, 3.8) is 0 Å². The third-order valence-corrected chi connectivity index (χ3v) is 5.12. The van der Waals surface area contributed by atoms with Gasteiger partial charge >= 0.3 is 0 Å². The van der Waals surface area contributed by atoms with Gasteiger partial charge in [-0.2, -0.15) is 0 Å². The molecule has 7 heteroatoms. The first kappa shape index (κ1) is 18.1. The van der Waals surface area contributed by atoms with Gasteiger partial charge in [0.25, 0.3) is 0 Å². The summed E-state index contributed by atoms with van der Waals surface area (Å²) in [7, 11) is -3.46. The molecule has 0 heterocycles. The first-order valence-corrected chi connectivity index (χ1v) is 9.37. The Morgan fingerprint density at radius 3 is 2.57 bits per heavy atom. The van der Waals surface area contributed by atoms with Crippen molar-refractivity contribution in [1.29, 1.82) is 0 Å². The van der Waals surface area contributed by atoms with Crippen LogP contribution in [0.25, 0.3) is 0 Å². The average molecular weight is 374 g/mol. The number of nitrogens with one attached hydrogen (secondary N) is 1. The molecule has 23 heavy (non-hydrogen) atoms. The van der Waals surface area contributed by atoms with Crippen LogP contribution in [-0.4, -0.2) is 21.6 Å². The highest BCUT2D eigenvalue weighted by Gasteiger charge is 2.12. The molecule has 2 aromatic rings. The molecular weight excluding hydrogens is 357 g/mol. The quantitative estimate of drug-likeness (QED) is 0.750. The van der Waals surface area contributed by atoms with Gasteiger partial charge in [-0.25, -0.2) is 13.1 Å². The van der Waals surface area contributed by atoms with E-state index < -0.39 is 10.0 Å². The van der Waals surface area contributed by atoms with E-state index in [9.17, 15) is 8.42 Å². The van der Waals surface area contributed by atoms with Crippen molar-refractivity contribution < 1.29 is 13.2 Å². The molecule has 0 unspecified atom stereocenters. The molecule has 0 aromatic heterocycles. The van der Waals surface area contributed by atoms with E-state index in [1.165, 1.54) is 0 Å². The number of benzene rings is 2. The van der Waals surface area contributed by atoms with E-state index in [-0.39, 0.29) is 18.9 Å². The van der Waals surface area contributed by atoms with Crippen molar-refractivity contribution >= 4 is 33.2 Å². The van der Waals surface area contributed by atoms with Gasteiger partial charge in [0.15, 0.2) is 0 Å². The van der Waals surface area contributed by atoms with E-state index in [4.69, 9.17) is 27.9 Å².